The van der Waals surface area contributed by atoms with Crippen LogP contribution in [0.5, 0.6) is 0 Å². The molecule has 8 heteroatoms. The summed E-state index contributed by atoms with van der Waals surface area (Å²) in [5.74, 6) is 2.09. The number of rotatable bonds is 6. The fourth-order valence-electron chi connectivity index (χ4n) is 3.70. The molecule has 27 heavy (non-hydrogen) atoms. The van der Waals surface area contributed by atoms with Crippen LogP contribution in [0.3, 0.4) is 0 Å². The lowest BCUT2D eigenvalue weighted by Gasteiger charge is -2.33. The predicted octanol–water partition coefficient (Wildman–Crippen LogP) is 1.42. The first kappa shape index (κ1) is 19.5. The van der Waals surface area contributed by atoms with Gasteiger partial charge in [0.15, 0.2) is 0 Å². The summed E-state index contributed by atoms with van der Waals surface area (Å²) in [5, 5.41) is 4.72. The monoisotopic (exact) mass is 373 g/mol. The van der Waals surface area contributed by atoms with Gasteiger partial charge < -0.3 is 9.80 Å². The normalized spacial score (nSPS) is 17.7. The Labute approximate surface area is 160 Å². The van der Waals surface area contributed by atoms with Gasteiger partial charge in [-0.05, 0) is 47.7 Å². The van der Waals surface area contributed by atoms with Gasteiger partial charge in [0.05, 0.1) is 17.9 Å². The molecule has 148 valence electrons. The second-order valence-corrected chi connectivity index (χ2v) is 7.62. The topological polar surface area (TPSA) is 72.1 Å². The number of likely N-dealkylation sites (N-methyl/N-ethyl adjacent to an activating group) is 1. The van der Waals surface area contributed by atoms with Crippen LogP contribution in [0.15, 0.2) is 11.0 Å². The van der Waals surface area contributed by atoms with Gasteiger partial charge in [0, 0.05) is 38.3 Å². The fourth-order valence-corrected chi connectivity index (χ4v) is 3.70. The van der Waals surface area contributed by atoms with Gasteiger partial charge in [0.25, 0.3) is 0 Å². The average molecular weight is 374 g/mol. The van der Waals surface area contributed by atoms with E-state index in [2.05, 4.69) is 14.8 Å². The SMILES string of the molecule is CCn1c(C2CCCN(c3nc(C)cnc3C)C2)nn(CCN(C)C)c1=O. The van der Waals surface area contributed by atoms with Crippen LogP contribution >= 0.6 is 0 Å². The van der Waals surface area contributed by atoms with Crippen molar-refractivity contribution in [3.05, 3.63) is 33.9 Å². The largest absolute Gasteiger partial charge is 0.354 e. The number of hydrogen-bond donors (Lipinski definition) is 0. The minimum Gasteiger partial charge on any atom is -0.354 e. The van der Waals surface area contributed by atoms with Crippen molar-refractivity contribution in [2.75, 3.05) is 38.6 Å². The molecule has 0 radical (unpaired) electrons. The second-order valence-electron chi connectivity index (χ2n) is 7.62. The Kier molecular flexibility index (Phi) is 5.94. The number of hydrogen-bond acceptors (Lipinski definition) is 6. The summed E-state index contributed by atoms with van der Waals surface area (Å²) < 4.78 is 3.45. The molecular weight excluding hydrogens is 342 g/mol. The zero-order chi connectivity index (χ0) is 19.6. The second kappa shape index (κ2) is 8.21. The first-order valence-electron chi connectivity index (χ1n) is 9.78. The minimum atomic E-state index is -0.00185. The molecule has 0 bridgehead atoms. The Morgan fingerprint density at radius 1 is 1.30 bits per heavy atom. The summed E-state index contributed by atoms with van der Waals surface area (Å²) in [6, 6.07) is 0. The van der Waals surface area contributed by atoms with Crippen LogP contribution in [0.4, 0.5) is 5.82 Å². The molecule has 1 aliphatic rings. The number of anilines is 1. The summed E-state index contributed by atoms with van der Waals surface area (Å²) in [6.45, 7) is 9.84. The Bertz CT molecular complexity index is 839. The van der Waals surface area contributed by atoms with E-state index in [4.69, 9.17) is 10.1 Å². The maximum Gasteiger partial charge on any atom is 0.345 e. The molecule has 1 saturated heterocycles. The summed E-state index contributed by atoms with van der Waals surface area (Å²) in [4.78, 5) is 26.3. The minimum absolute atomic E-state index is 0.00185. The third-order valence-corrected chi connectivity index (χ3v) is 5.16. The molecule has 2 aromatic rings. The Morgan fingerprint density at radius 3 is 2.78 bits per heavy atom. The first-order valence-corrected chi connectivity index (χ1v) is 9.78. The van der Waals surface area contributed by atoms with Crippen LogP contribution in [0.25, 0.3) is 0 Å². The third kappa shape index (κ3) is 4.21. The van der Waals surface area contributed by atoms with Crippen molar-refractivity contribution in [3.63, 3.8) is 0 Å². The van der Waals surface area contributed by atoms with Gasteiger partial charge in [-0.15, -0.1) is 0 Å². The van der Waals surface area contributed by atoms with Crippen LogP contribution in [0.1, 0.15) is 42.9 Å². The van der Waals surface area contributed by atoms with E-state index >= 15 is 0 Å². The predicted molar refractivity (Wildman–Crippen MR) is 106 cm³/mol. The number of aromatic nitrogens is 5. The lowest BCUT2D eigenvalue weighted by molar-refractivity contribution is 0.367. The van der Waals surface area contributed by atoms with Crippen LogP contribution in [0, 0.1) is 13.8 Å². The van der Waals surface area contributed by atoms with E-state index < -0.39 is 0 Å². The molecule has 0 aromatic carbocycles. The van der Waals surface area contributed by atoms with Crippen LogP contribution < -0.4 is 10.6 Å². The molecule has 0 spiro atoms. The molecular formula is C19H31N7O. The third-order valence-electron chi connectivity index (χ3n) is 5.16. The summed E-state index contributed by atoms with van der Waals surface area (Å²) in [6.07, 6.45) is 3.91. The highest BCUT2D eigenvalue weighted by atomic mass is 16.2. The molecule has 3 rings (SSSR count). The molecule has 1 atom stereocenters. The maximum absolute atomic E-state index is 12.7. The molecule has 8 nitrogen and oxygen atoms in total. The highest BCUT2D eigenvalue weighted by Crippen LogP contribution is 2.29. The van der Waals surface area contributed by atoms with Crippen molar-refractivity contribution in [1.29, 1.82) is 0 Å². The molecule has 1 fully saturated rings. The standard InChI is InChI=1S/C19H31N7O/c1-6-25-18(22-26(19(25)27)11-10-23(4)5)16-8-7-9-24(13-16)17-15(3)20-12-14(2)21-17/h12,16H,6-11,13H2,1-5H3. The number of nitrogens with zero attached hydrogens (tertiary/aromatic N) is 7. The Hall–Kier alpha value is -2.22. The molecule has 0 aliphatic carbocycles. The summed E-state index contributed by atoms with van der Waals surface area (Å²) in [5.41, 5.74) is 1.87. The van der Waals surface area contributed by atoms with Gasteiger partial charge in [0.1, 0.15) is 11.6 Å². The van der Waals surface area contributed by atoms with Gasteiger partial charge in [-0.25, -0.2) is 14.5 Å². The molecule has 0 N–H and O–H groups in total. The molecule has 1 unspecified atom stereocenters. The highest BCUT2D eigenvalue weighted by molar-refractivity contribution is 5.44. The lowest BCUT2D eigenvalue weighted by Crippen LogP contribution is -2.37. The van der Waals surface area contributed by atoms with Crippen molar-refractivity contribution in [2.24, 2.45) is 0 Å². The number of piperidine rings is 1. The van der Waals surface area contributed by atoms with E-state index in [1.807, 2.05) is 39.4 Å². The molecule has 3 heterocycles. The Balaban J connectivity index is 1.86. The average Bonchev–Trinajstić information content (AvgIpc) is 2.97. The first-order chi connectivity index (χ1) is 12.9. The fraction of sp³-hybridized carbons (Fsp3) is 0.684. The Morgan fingerprint density at radius 2 is 2.07 bits per heavy atom. The number of aryl methyl sites for hydroxylation is 2. The van der Waals surface area contributed by atoms with Gasteiger partial charge in [-0.2, -0.15) is 5.10 Å². The van der Waals surface area contributed by atoms with Crippen molar-refractivity contribution < 1.29 is 0 Å². The molecule has 0 amide bonds. The van der Waals surface area contributed by atoms with Crippen molar-refractivity contribution in [1.82, 2.24) is 29.2 Å². The zero-order valence-corrected chi connectivity index (χ0v) is 17.1. The van der Waals surface area contributed by atoms with E-state index in [1.54, 1.807) is 10.9 Å². The molecule has 1 aliphatic heterocycles. The molecule has 2 aromatic heterocycles. The summed E-state index contributed by atoms with van der Waals surface area (Å²) >= 11 is 0. The lowest BCUT2D eigenvalue weighted by atomic mass is 9.97. The van der Waals surface area contributed by atoms with Gasteiger partial charge in [-0.3, -0.25) is 9.55 Å². The zero-order valence-electron chi connectivity index (χ0n) is 17.1. The van der Waals surface area contributed by atoms with E-state index in [1.165, 1.54) is 0 Å². The van der Waals surface area contributed by atoms with Crippen LogP contribution in [-0.2, 0) is 13.1 Å². The highest BCUT2D eigenvalue weighted by Gasteiger charge is 2.28. The van der Waals surface area contributed by atoms with Crippen LogP contribution in [0.2, 0.25) is 0 Å². The van der Waals surface area contributed by atoms with E-state index in [-0.39, 0.29) is 11.6 Å². The van der Waals surface area contributed by atoms with Crippen molar-refractivity contribution >= 4 is 5.82 Å². The van der Waals surface area contributed by atoms with Gasteiger partial charge >= 0.3 is 5.69 Å². The smallest absolute Gasteiger partial charge is 0.345 e. The van der Waals surface area contributed by atoms with Crippen molar-refractivity contribution in [2.45, 2.75) is 52.6 Å². The quantitative estimate of drug-likeness (QED) is 0.763. The van der Waals surface area contributed by atoms with Gasteiger partial charge in [-0.1, -0.05) is 0 Å². The van der Waals surface area contributed by atoms with E-state index in [9.17, 15) is 4.79 Å². The van der Waals surface area contributed by atoms with Gasteiger partial charge in [0.2, 0.25) is 0 Å². The van der Waals surface area contributed by atoms with Crippen LogP contribution in [-0.4, -0.2) is 62.9 Å². The summed E-state index contributed by atoms with van der Waals surface area (Å²) in [7, 11) is 4.01. The molecule has 0 saturated carbocycles. The van der Waals surface area contributed by atoms with E-state index in [0.29, 0.717) is 13.1 Å². The maximum atomic E-state index is 12.7. The van der Waals surface area contributed by atoms with E-state index in [0.717, 1.165) is 55.5 Å². The van der Waals surface area contributed by atoms with Crippen molar-refractivity contribution in [3.8, 4) is 0 Å².